The third kappa shape index (κ3) is 4.56. The van der Waals surface area contributed by atoms with Crippen LogP contribution in [0.1, 0.15) is 42.0 Å². The normalized spacial score (nSPS) is 10.5. The third-order valence-electron chi connectivity index (χ3n) is 2.70. The van der Waals surface area contributed by atoms with Gasteiger partial charge < -0.3 is 15.6 Å². The molecule has 0 spiro atoms. The summed E-state index contributed by atoms with van der Waals surface area (Å²) in [5.41, 5.74) is 6.33. The molecule has 96 valence electrons. The summed E-state index contributed by atoms with van der Waals surface area (Å²) in [6.07, 6.45) is 6.00. The van der Waals surface area contributed by atoms with Crippen molar-refractivity contribution in [2.75, 3.05) is 20.1 Å². The van der Waals surface area contributed by atoms with Crippen LogP contribution in [0.5, 0.6) is 0 Å². The van der Waals surface area contributed by atoms with E-state index >= 15 is 0 Å². The molecule has 0 saturated carbocycles. The number of rotatable bonds is 7. The second kappa shape index (κ2) is 7.06. The molecule has 0 saturated heterocycles. The number of imidazole rings is 1. The first kappa shape index (κ1) is 13.7. The van der Waals surface area contributed by atoms with Gasteiger partial charge in [-0.2, -0.15) is 0 Å². The Bertz CT molecular complexity index is 348. The number of nitrogens with one attached hydrogen (secondary N) is 1. The summed E-state index contributed by atoms with van der Waals surface area (Å²) in [7, 11) is 1.81. The van der Waals surface area contributed by atoms with Crippen LogP contribution in [0.25, 0.3) is 0 Å². The fourth-order valence-corrected chi connectivity index (χ4v) is 1.65. The van der Waals surface area contributed by atoms with Gasteiger partial charge in [-0.15, -0.1) is 0 Å². The quantitative estimate of drug-likeness (QED) is 0.703. The summed E-state index contributed by atoms with van der Waals surface area (Å²) in [4.78, 5) is 20.6. The van der Waals surface area contributed by atoms with E-state index in [1.165, 1.54) is 0 Å². The average Bonchev–Trinajstić information content (AvgIpc) is 2.74. The molecule has 5 heteroatoms. The van der Waals surface area contributed by atoms with Crippen LogP contribution >= 0.6 is 0 Å². The number of amides is 1. The lowest BCUT2D eigenvalue weighted by atomic mass is 10.2. The van der Waals surface area contributed by atoms with E-state index in [0.29, 0.717) is 5.82 Å². The van der Waals surface area contributed by atoms with Crippen molar-refractivity contribution in [3.63, 3.8) is 0 Å². The van der Waals surface area contributed by atoms with Gasteiger partial charge in [0.1, 0.15) is 0 Å². The first-order valence-electron chi connectivity index (χ1n) is 6.12. The molecule has 1 heterocycles. The minimum atomic E-state index is -0.0445. The minimum absolute atomic E-state index is 0.0445. The van der Waals surface area contributed by atoms with Crippen molar-refractivity contribution in [3.8, 4) is 0 Å². The number of aromatic nitrogens is 2. The molecule has 1 aromatic heterocycles. The van der Waals surface area contributed by atoms with Gasteiger partial charge in [0.05, 0.1) is 0 Å². The molecular weight excluding hydrogens is 216 g/mol. The molecule has 0 aromatic carbocycles. The number of hydrogen-bond donors (Lipinski definition) is 2. The highest BCUT2D eigenvalue weighted by Crippen LogP contribution is 2.03. The van der Waals surface area contributed by atoms with Gasteiger partial charge in [-0.05, 0) is 26.3 Å². The van der Waals surface area contributed by atoms with Crippen molar-refractivity contribution in [2.24, 2.45) is 5.73 Å². The molecule has 0 radical (unpaired) electrons. The fourth-order valence-electron chi connectivity index (χ4n) is 1.65. The monoisotopic (exact) mass is 238 g/mol. The number of aryl methyl sites for hydroxylation is 1. The van der Waals surface area contributed by atoms with Crippen molar-refractivity contribution in [2.45, 2.75) is 32.6 Å². The maximum atomic E-state index is 11.9. The summed E-state index contributed by atoms with van der Waals surface area (Å²) in [6.45, 7) is 3.40. The number of H-pyrrole nitrogens is 1. The Morgan fingerprint density at radius 2 is 2.12 bits per heavy atom. The Morgan fingerprint density at radius 1 is 1.41 bits per heavy atom. The van der Waals surface area contributed by atoms with Gasteiger partial charge in [-0.1, -0.05) is 12.8 Å². The van der Waals surface area contributed by atoms with Gasteiger partial charge in [0.2, 0.25) is 0 Å². The highest BCUT2D eigenvalue weighted by molar-refractivity contribution is 5.90. The topological polar surface area (TPSA) is 75.0 Å². The Balaban J connectivity index is 2.27. The summed E-state index contributed by atoms with van der Waals surface area (Å²) in [5.74, 6) is 0.379. The van der Waals surface area contributed by atoms with Crippen LogP contribution in [0.3, 0.4) is 0 Å². The molecule has 0 aliphatic rings. The van der Waals surface area contributed by atoms with Crippen LogP contribution in [-0.4, -0.2) is 40.9 Å². The van der Waals surface area contributed by atoms with E-state index in [1.807, 2.05) is 14.0 Å². The zero-order valence-electron chi connectivity index (χ0n) is 10.7. The number of unbranched alkanes of at least 4 members (excludes halogenated alkanes) is 3. The van der Waals surface area contributed by atoms with Crippen LogP contribution in [0.2, 0.25) is 0 Å². The van der Waals surface area contributed by atoms with E-state index < -0.39 is 0 Å². The smallest absolute Gasteiger partial charge is 0.289 e. The SMILES string of the molecule is Cc1cnc(C(=O)N(C)CCCCCCN)[nH]1. The number of nitrogens with two attached hydrogens (primary N) is 1. The van der Waals surface area contributed by atoms with Gasteiger partial charge in [0.15, 0.2) is 5.82 Å². The van der Waals surface area contributed by atoms with Crippen molar-refractivity contribution in [1.29, 1.82) is 0 Å². The lowest BCUT2D eigenvalue weighted by Crippen LogP contribution is -2.28. The van der Waals surface area contributed by atoms with Gasteiger partial charge >= 0.3 is 0 Å². The Morgan fingerprint density at radius 3 is 2.71 bits per heavy atom. The Kier molecular flexibility index (Phi) is 5.69. The van der Waals surface area contributed by atoms with E-state index in [2.05, 4.69) is 9.97 Å². The van der Waals surface area contributed by atoms with Crippen LogP contribution in [0, 0.1) is 6.92 Å². The van der Waals surface area contributed by atoms with Gasteiger partial charge in [0.25, 0.3) is 5.91 Å². The molecule has 17 heavy (non-hydrogen) atoms. The lowest BCUT2D eigenvalue weighted by molar-refractivity contribution is 0.0781. The second-order valence-corrected chi connectivity index (χ2v) is 4.34. The van der Waals surface area contributed by atoms with E-state index in [0.717, 1.165) is 44.5 Å². The summed E-state index contributed by atoms with van der Waals surface area (Å²) < 4.78 is 0. The van der Waals surface area contributed by atoms with Gasteiger partial charge in [0, 0.05) is 25.5 Å². The zero-order valence-corrected chi connectivity index (χ0v) is 10.7. The van der Waals surface area contributed by atoms with Crippen LogP contribution in [0.15, 0.2) is 6.20 Å². The highest BCUT2D eigenvalue weighted by Gasteiger charge is 2.13. The molecule has 0 bridgehead atoms. The summed E-state index contributed by atoms with van der Waals surface area (Å²) >= 11 is 0. The van der Waals surface area contributed by atoms with Crippen molar-refractivity contribution < 1.29 is 4.79 Å². The number of hydrogen-bond acceptors (Lipinski definition) is 3. The van der Waals surface area contributed by atoms with Crippen LogP contribution in [-0.2, 0) is 0 Å². The summed E-state index contributed by atoms with van der Waals surface area (Å²) in [5, 5.41) is 0. The minimum Gasteiger partial charge on any atom is -0.339 e. The molecule has 1 rings (SSSR count). The molecule has 1 amide bonds. The average molecular weight is 238 g/mol. The number of carbonyl (C=O) groups excluding carboxylic acids is 1. The van der Waals surface area contributed by atoms with Crippen LogP contribution in [0.4, 0.5) is 0 Å². The van der Waals surface area contributed by atoms with Crippen molar-refractivity contribution in [3.05, 3.63) is 17.7 Å². The zero-order chi connectivity index (χ0) is 12.7. The molecule has 5 nitrogen and oxygen atoms in total. The molecule has 3 N–H and O–H groups in total. The largest absolute Gasteiger partial charge is 0.339 e. The van der Waals surface area contributed by atoms with E-state index in [9.17, 15) is 4.79 Å². The second-order valence-electron chi connectivity index (χ2n) is 4.34. The predicted octanol–water partition coefficient (Wildman–Crippen LogP) is 1.31. The molecule has 0 aliphatic carbocycles. The first-order valence-corrected chi connectivity index (χ1v) is 6.12. The van der Waals surface area contributed by atoms with E-state index in [-0.39, 0.29) is 5.91 Å². The standard InChI is InChI=1S/C12H22N4O/c1-10-9-14-11(15-10)12(17)16(2)8-6-4-3-5-7-13/h9H,3-8,13H2,1-2H3,(H,14,15). The number of carbonyl (C=O) groups is 1. The Labute approximate surface area is 102 Å². The number of nitrogens with zero attached hydrogens (tertiary/aromatic N) is 2. The molecular formula is C12H22N4O. The molecule has 0 aliphatic heterocycles. The maximum absolute atomic E-state index is 11.9. The van der Waals surface area contributed by atoms with E-state index in [4.69, 9.17) is 5.73 Å². The third-order valence-corrected chi connectivity index (χ3v) is 2.70. The number of aromatic amines is 1. The van der Waals surface area contributed by atoms with Gasteiger partial charge in [-0.25, -0.2) is 4.98 Å². The highest BCUT2D eigenvalue weighted by atomic mass is 16.2. The van der Waals surface area contributed by atoms with Crippen molar-refractivity contribution >= 4 is 5.91 Å². The Hall–Kier alpha value is -1.36. The lowest BCUT2D eigenvalue weighted by Gasteiger charge is -2.15. The molecule has 0 atom stereocenters. The van der Waals surface area contributed by atoms with E-state index in [1.54, 1.807) is 11.1 Å². The summed E-state index contributed by atoms with van der Waals surface area (Å²) in [6, 6.07) is 0. The molecule has 1 aromatic rings. The predicted molar refractivity (Wildman–Crippen MR) is 67.8 cm³/mol. The molecule has 0 fully saturated rings. The first-order chi connectivity index (χ1) is 8.15. The fraction of sp³-hybridized carbons (Fsp3) is 0.667. The maximum Gasteiger partial charge on any atom is 0.289 e. The van der Waals surface area contributed by atoms with Crippen LogP contribution < -0.4 is 5.73 Å². The molecule has 0 unspecified atom stereocenters. The van der Waals surface area contributed by atoms with Gasteiger partial charge in [-0.3, -0.25) is 4.79 Å². The van der Waals surface area contributed by atoms with Crippen molar-refractivity contribution in [1.82, 2.24) is 14.9 Å².